The molecule has 0 bridgehead atoms. The molecule has 0 spiro atoms. The van der Waals surface area contributed by atoms with E-state index in [1.165, 1.54) is 4.31 Å². The minimum atomic E-state index is -3.66. The first-order chi connectivity index (χ1) is 9.86. The highest BCUT2D eigenvalue weighted by Gasteiger charge is 2.27. The lowest BCUT2D eigenvalue weighted by Gasteiger charge is -2.22. The lowest BCUT2D eigenvalue weighted by Crippen LogP contribution is -2.31. The molecule has 1 aromatic heterocycles. The zero-order valence-corrected chi connectivity index (χ0v) is 14.0. The molecular formula is C15H18N2O2S2. The second-order valence-corrected chi connectivity index (χ2v) is 7.74. The fourth-order valence-electron chi connectivity index (χ4n) is 1.89. The molecule has 21 heavy (non-hydrogen) atoms. The first-order valence-corrected chi connectivity index (χ1v) is 8.81. The number of thiazole rings is 1. The standard InChI is InChI=1S/C15H18N2O2S2/c1-5-8-17(14-7-6-11(2)12(3)9-14)21(18,19)15-16-13(4)10-20-15/h5-7,9-10H,1,8H2,2-4H3. The smallest absolute Gasteiger partial charge is 0.261 e. The molecule has 0 atom stereocenters. The molecule has 2 rings (SSSR count). The molecule has 4 nitrogen and oxygen atoms in total. The Labute approximate surface area is 129 Å². The van der Waals surface area contributed by atoms with Gasteiger partial charge in [-0.25, -0.2) is 4.98 Å². The summed E-state index contributed by atoms with van der Waals surface area (Å²) in [5.74, 6) is 0. The van der Waals surface area contributed by atoms with E-state index < -0.39 is 10.0 Å². The van der Waals surface area contributed by atoms with Gasteiger partial charge >= 0.3 is 0 Å². The van der Waals surface area contributed by atoms with Crippen LogP contribution in [0.1, 0.15) is 16.8 Å². The Kier molecular flexibility index (Phi) is 4.49. The fourth-order valence-corrected chi connectivity index (χ4v) is 4.45. The fraction of sp³-hybridized carbons (Fsp3) is 0.267. The van der Waals surface area contributed by atoms with E-state index in [0.717, 1.165) is 22.5 Å². The van der Waals surface area contributed by atoms with E-state index in [4.69, 9.17) is 0 Å². The Bertz CT molecular complexity index is 764. The van der Waals surface area contributed by atoms with Crippen LogP contribution in [-0.2, 0) is 10.0 Å². The Morgan fingerprint density at radius 3 is 2.52 bits per heavy atom. The van der Waals surface area contributed by atoms with Crippen LogP contribution in [0.2, 0.25) is 0 Å². The summed E-state index contributed by atoms with van der Waals surface area (Å²) in [5, 5.41) is 1.74. The van der Waals surface area contributed by atoms with Crippen LogP contribution >= 0.6 is 11.3 Å². The summed E-state index contributed by atoms with van der Waals surface area (Å²) >= 11 is 1.14. The molecule has 0 amide bonds. The zero-order valence-electron chi connectivity index (χ0n) is 12.3. The van der Waals surface area contributed by atoms with Crippen molar-refractivity contribution in [2.75, 3.05) is 10.8 Å². The summed E-state index contributed by atoms with van der Waals surface area (Å²) in [4.78, 5) is 4.11. The lowest BCUT2D eigenvalue weighted by molar-refractivity contribution is 0.592. The third kappa shape index (κ3) is 3.16. The van der Waals surface area contributed by atoms with Gasteiger partial charge in [-0.2, -0.15) is 8.42 Å². The largest absolute Gasteiger partial charge is 0.291 e. The van der Waals surface area contributed by atoms with Crippen LogP contribution in [0.4, 0.5) is 5.69 Å². The van der Waals surface area contributed by atoms with Gasteiger partial charge in [-0.15, -0.1) is 17.9 Å². The molecule has 2 aromatic rings. The predicted octanol–water partition coefficient (Wildman–Crippen LogP) is 3.45. The molecule has 0 N–H and O–H groups in total. The van der Waals surface area contributed by atoms with Crippen molar-refractivity contribution in [2.24, 2.45) is 0 Å². The van der Waals surface area contributed by atoms with Crippen molar-refractivity contribution in [3.8, 4) is 0 Å². The Balaban J connectivity index is 2.52. The second kappa shape index (κ2) is 5.99. The van der Waals surface area contributed by atoms with E-state index in [2.05, 4.69) is 11.6 Å². The highest BCUT2D eigenvalue weighted by Crippen LogP contribution is 2.27. The van der Waals surface area contributed by atoms with E-state index in [-0.39, 0.29) is 10.9 Å². The van der Waals surface area contributed by atoms with Crippen LogP contribution < -0.4 is 4.31 Å². The molecule has 0 aliphatic rings. The quantitative estimate of drug-likeness (QED) is 0.792. The Morgan fingerprint density at radius 1 is 1.29 bits per heavy atom. The molecular weight excluding hydrogens is 304 g/mol. The van der Waals surface area contributed by atoms with Gasteiger partial charge in [-0.1, -0.05) is 12.1 Å². The highest BCUT2D eigenvalue weighted by atomic mass is 32.2. The summed E-state index contributed by atoms with van der Waals surface area (Å²) in [6.07, 6.45) is 1.58. The van der Waals surface area contributed by atoms with Gasteiger partial charge in [0.15, 0.2) is 0 Å². The van der Waals surface area contributed by atoms with Crippen molar-refractivity contribution < 1.29 is 8.42 Å². The monoisotopic (exact) mass is 322 g/mol. The molecule has 0 fully saturated rings. The molecule has 112 valence electrons. The maximum atomic E-state index is 12.8. The van der Waals surface area contributed by atoms with Crippen molar-refractivity contribution in [3.63, 3.8) is 0 Å². The van der Waals surface area contributed by atoms with Gasteiger partial charge in [0.1, 0.15) is 0 Å². The molecule has 0 radical (unpaired) electrons. The number of aryl methyl sites for hydroxylation is 3. The minimum absolute atomic E-state index is 0.111. The summed E-state index contributed by atoms with van der Waals surface area (Å²) in [6.45, 7) is 9.61. The molecule has 6 heteroatoms. The number of aromatic nitrogens is 1. The molecule has 0 aliphatic heterocycles. The molecule has 1 aromatic carbocycles. The minimum Gasteiger partial charge on any atom is -0.261 e. The summed E-state index contributed by atoms with van der Waals surface area (Å²) in [5.41, 5.74) is 3.51. The first-order valence-electron chi connectivity index (χ1n) is 6.49. The Hall–Kier alpha value is -1.66. The van der Waals surface area contributed by atoms with Crippen LogP contribution in [-0.4, -0.2) is 19.9 Å². The van der Waals surface area contributed by atoms with Crippen molar-refractivity contribution in [2.45, 2.75) is 25.1 Å². The number of benzene rings is 1. The molecule has 1 heterocycles. The van der Waals surface area contributed by atoms with E-state index in [0.29, 0.717) is 11.4 Å². The van der Waals surface area contributed by atoms with Crippen LogP contribution in [0.5, 0.6) is 0 Å². The average Bonchev–Trinajstić information content (AvgIpc) is 2.86. The van der Waals surface area contributed by atoms with E-state index >= 15 is 0 Å². The summed E-state index contributed by atoms with van der Waals surface area (Å²) in [7, 11) is -3.66. The van der Waals surface area contributed by atoms with Gasteiger partial charge in [0.2, 0.25) is 4.34 Å². The lowest BCUT2D eigenvalue weighted by atomic mass is 10.1. The maximum Gasteiger partial charge on any atom is 0.291 e. The van der Waals surface area contributed by atoms with Crippen molar-refractivity contribution >= 4 is 27.0 Å². The number of hydrogen-bond acceptors (Lipinski definition) is 4. The topological polar surface area (TPSA) is 50.3 Å². The van der Waals surface area contributed by atoms with Crippen LogP contribution in [0.25, 0.3) is 0 Å². The predicted molar refractivity (Wildman–Crippen MR) is 87.5 cm³/mol. The number of sulfonamides is 1. The van der Waals surface area contributed by atoms with Crippen LogP contribution in [0.3, 0.4) is 0 Å². The highest BCUT2D eigenvalue weighted by molar-refractivity contribution is 7.94. The third-order valence-corrected chi connectivity index (χ3v) is 6.33. The molecule has 0 unspecified atom stereocenters. The number of anilines is 1. The number of rotatable bonds is 5. The zero-order chi connectivity index (χ0) is 15.6. The van der Waals surface area contributed by atoms with Crippen molar-refractivity contribution in [3.05, 3.63) is 53.1 Å². The summed E-state index contributed by atoms with van der Waals surface area (Å²) in [6, 6.07) is 5.60. The third-order valence-electron chi connectivity index (χ3n) is 3.18. The van der Waals surface area contributed by atoms with Crippen LogP contribution in [0.15, 0.2) is 40.6 Å². The van der Waals surface area contributed by atoms with Gasteiger partial charge in [-0.3, -0.25) is 4.31 Å². The number of hydrogen-bond donors (Lipinski definition) is 0. The number of nitrogens with zero attached hydrogens (tertiary/aromatic N) is 2. The summed E-state index contributed by atoms with van der Waals surface area (Å²) < 4.78 is 27.0. The molecule has 0 saturated carbocycles. The Morgan fingerprint density at radius 2 is 2.00 bits per heavy atom. The van der Waals surface area contributed by atoms with Gasteiger partial charge in [-0.05, 0) is 44.0 Å². The van der Waals surface area contributed by atoms with Crippen LogP contribution in [0, 0.1) is 20.8 Å². The first kappa shape index (κ1) is 15.7. The van der Waals surface area contributed by atoms with Crippen molar-refractivity contribution in [1.29, 1.82) is 0 Å². The average molecular weight is 322 g/mol. The molecule has 0 saturated heterocycles. The van der Waals surface area contributed by atoms with Gasteiger partial charge in [0.05, 0.1) is 12.2 Å². The molecule has 0 aliphatic carbocycles. The SMILES string of the molecule is C=CCN(c1ccc(C)c(C)c1)S(=O)(=O)c1nc(C)cs1. The van der Waals surface area contributed by atoms with E-state index in [1.807, 2.05) is 32.0 Å². The maximum absolute atomic E-state index is 12.8. The van der Waals surface area contributed by atoms with Gasteiger partial charge < -0.3 is 0 Å². The normalized spacial score (nSPS) is 11.4. The second-order valence-electron chi connectivity index (χ2n) is 4.85. The van der Waals surface area contributed by atoms with E-state index in [9.17, 15) is 8.42 Å². The van der Waals surface area contributed by atoms with Crippen molar-refractivity contribution in [1.82, 2.24) is 4.98 Å². The van der Waals surface area contributed by atoms with E-state index in [1.54, 1.807) is 18.4 Å². The van der Waals surface area contributed by atoms with Gasteiger partial charge in [0, 0.05) is 11.1 Å². The van der Waals surface area contributed by atoms with Gasteiger partial charge in [0.25, 0.3) is 10.0 Å².